The van der Waals surface area contributed by atoms with Gasteiger partial charge < -0.3 is 4.57 Å². The van der Waals surface area contributed by atoms with E-state index in [2.05, 4.69) is 60.7 Å². The first-order chi connectivity index (χ1) is 7.72. The van der Waals surface area contributed by atoms with Gasteiger partial charge in [0.25, 0.3) is 0 Å². The molecule has 0 aliphatic heterocycles. The van der Waals surface area contributed by atoms with Gasteiger partial charge in [0, 0.05) is 18.7 Å². The van der Waals surface area contributed by atoms with Gasteiger partial charge >= 0.3 is 0 Å². The van der Waals surface area contributed by atoms with Gasteiger partial charge in [0.2, 0.25) is 0 Å². The zero-order valence-electron chi connectivity index (χ0n) is 10.2. The SMILES string of the molecule is CCc1nc(C)c(C)n1Cc1ccccc1. The predicted molar refractivity (Wildman–Crippen MR) is 66.6 cm³/mol. The van der Waals surface area contributed by atoms with Gasteiger partial charge in [-0.3, -0.25) is 0 Å². The summed E-state index contributed by atoms with van der Waals surface area (Å²) in [5, 5.41) is 0. The molecule has 84 valence electrons. The van der Waals surface area contributed by atoms with Crippen LogP contribution in [0.15, 0.2) is 30.3 Å². The lowest BCUT2D eigenvalue weighted by molar-refractivity contribution is 0.712. The highest BCUT2D eigenvalue weighted by atomic mass is 15.1. The second-order valence-electron chi connectivity index (χ2n) is 4.12. The summed E-state index contributed by atoms with van der Waals surface area (Å²) in [6, 6.07) is 10.5. The molecule has 0 aliphatic carbocycles. The van der Waals surface area contributed by atoms with Gasteiger partial charge in [-0.1, -0.05) is 37.3 Å². The highest BCUT2D eigenvalue weighted by Gasteiger charge is 2.09. The van der Waals surface area contributed by atoms with Gasteiger partial charge in [0.15, 0.2) is 0 Å². The van der Waals surface area contributed by atoms with Crippen molar-refractivity contribution in [3.05, 3.63) is 53.1 Å². The van der Waals surface area contributed by atoms with Gasteiger partial charge in [-0.25, -0.2) is 4.98 Å². The predicted octanol–water partition coefficient (Wildman–Crippen LogP) is 3.11. The zero-order chi connectivity index (χ0) is 11.5. The summed E-state index contributed by atoms with van der Waals surface area (Å²) in [7, 11) is 0. The van der Waals surface area contributed by atoms with Gasteiger partial charge in [-0.05, 0) is 19.4 Å². The molecule has 0 bridgehead atoms. The summed E-state index contributed by atoms with van der Waals surface area (Å²) < 4.78 is 2.31. The summed E-state index contributed by atoms with van der Waals surface area (Å²) in [6.07, 6.45) is 0.988. The molecular weight excluding hydrogens is 196 g/mol. The molecule has 1 aromatic heterocycles. The smallest absolute Gasteiger partial charge is 0.109 e. The van der Waals surface area contributed by atoms with E-state index in [1.807, 2.05) is 0 Å². The quantitative estimate of drug-likeness (QED) is 0.767. The average Bonchev–Trinajstić information content (AvgIpc) is 2.58. The number of benzene rings is 1. The minimum Gasteiger partial charge on any atom is -0.328 e. The fraction of sp³-hybridized carbons (Fsp3) is 0.357. The van der Waals surface area contributed by atoms with E-state index in [0.29, 0.717) is 0 Å². The first kappa shape index (κ1) is 10.9. The number of rotatable bonds is 3. The number of imidazole rings is 1. The topological polar surface area (TPSA) is 17.8 Å². The third kappa shape index (κ3) is 2.01. The van der Waals surface area contributed by atoms with Crippen molar-refractivity contribution in [2.24, 2.45) is 0 Å². The Morgan fingerprint density at radius 3 is 2.44 bits per heavy atom. The Hall–Kier alpha value is -1.57. The van der Waals surface area contributed by atoms with Crippen molar-refractivity contribution in [1.29, 1.82) is 0 Å². The molecule has 2 heteroatoms. The van der Waals surface area contributed by atoms with E-state index in [1.54, 1.807) is 0 Å². The molecule has 0 aliphatic rings. The lowest BCUT2D eigenvalue weighted by Crippen LogP contribution is -2.06. The summed E-state index contributed by atoms with van der Waals surface area (Å²) in [6.45, 7) is 7.31. The van der Waals surface area contributed by atoms with Gasteiger partial charge in [0.05, 0.1) is 5.69 Å². The molecule has 1 aromatic carbocycles. The highest BCUT2D eigenvalue weighted by Crippen LogP contribution is 2.13. The molecule has 16 heavy (non-hydrogen) atoms. The molecule has 0 N–H and O–H groups in total. The van der Waals surface area contributed by atoms with Crippen LogP contribution >= 0.6 is 0 Å². The minimum atomic E-state index is 0.927. The van der Waals surface area contributed by atoms with E-state index in [9.17, 15) is 0 Å². The molecule has 0 amide bonds. The van der Waals surface area contributed by atoms with Crippen LogP contribution in [-0.4, -0.2) is 9.55 Å². The van der Waals surface area contributed by atoms with E-state index >= 15 is 0 Å². The first-order valence-corrected chi connectivity index (χ1v) is 5.79. The molecule has 2 nitrogen and oxygen atoms in total. The van der Waals surface area contributed by atoms with E-state index in [-0.39, 0.29) is 0 Å². The summed E-state index contributed by atoms with van der Waals surface area (Å²) in [5.41, 5.74) is 3.76. The molecule has 0 spiro atoms. The maximum absolute atomic E-state index is 4.59. The monoisotopic (exact) mass is 214 g/mol. The van der Waals surface area contributed by atoms with E-state index < -0.39 is 0 Å². The Morgan fingerprint density at radius 2 is 1.81 bits per heavy atom. The maximum Gasteiger partial charge on any atom is 0.109 e. The number of aromatic nitrogens is 2. The van der Waals surface area contributed by atoms with Gasteiger partial charge in [0.1, 0.15) is 5.82 Å². The normalized spacial score (nSPS) is 10.7. The van der Waals surface area contributed by atoms with Crippen molar-refractivity contribution >= 4 is 0 Å². The third-order valence-corrected chi connectivity index (χ3v) is 3.04. The van der Waals surface area contributed by atoms with Crippen LogP contribution in [0, 0.1) is 13.8 Å². The van der Waals surface area contributed by atoms with Crippen LogP contribution < -0.4 is 0 Å². The standard InChI is InChI=1S/C14H18N2/c1-4-14-15-11(2)12(3)16(14)10-13-8-6-5-7-9-13/h5-9H,4,10H2,1-3H3. The van der Waals surface area contributed by atoms with Crippen LogP contribution in [0.1, 0.15) is 29.7 Å². The molecule has 0 radical (unpaired) electrons. The van der Waals surface area contributed by atoms with Crippen molar-refractivity contribution in [2.45, 2.75) is 33.7 Å². The Kier molecular flexibility index (Phi) is 3.09. The van der Waals surface area contributed by atoms with Crippen molar-refractivity contribution in [2.75, 3.05) is 0 Å². The Balaban J connectivity index is 2.34. The van der Waals surface area contributed by atoms with Crippen LogP contribution in [0.3, 0.4) is 0 Å². The summed E-state index contributed by atoms with van der Waals surface area (Å²) >= 11 is 0. The molecule has 2 aromatic rings. The van der Waals surface area contributed by atoms with Gasteiger partial charge in [-0.2, -0.15) is 0 Å². The van der Waals surface area contributed by atoms with E-state index in [4.69, 9.17) is 0 Å². The van der Waals surface area contributed by atoms with E-state index in [1.165, 1.54) is 17.1 Å². The van der Waals surface area contributed by atoms with Crippen LogP contribution in [0.5, 0.6) is 0 Å². The molecule has 0 unspecified atom stereocenters. The molecule has 0 atom stereocenters. The molecule has 0 saturated heterocycles. The Morgan fingerprint density at radius 1 is 1.12 bits per heavy atom. The van der Waals surface area contributed by atoms with Gasteiger partial charge in [-0.15, -0.1) is 0 Å². The summed E-state index contributed by atoms with van der Waals surface area (Å²) in [5.74, 6) is 1.18. The van der Waals surface area contributed by atoms with Crippen LogP contribution in [0.2, 0.25) is 0 Å². The Labute approximate surface area is 97.0 Å². The number of nitrogens with zero attached hydrogens (tertiary/aromatic N) is 2. The molecular formula is C14H18N2. The molecule has 1 heterocycles. The highest BCUT2D eigenvalue weighted by molar-refractivity contribution is 5.20. The number of hydrogen-bond acceptors (Lipinski definition) is 1. The van der Waals surface area contributed by atoms with Crippen LogP contribution in [-0.2, 0) is 13.0 Å². The Bertz CT molecular complexity index is 469. The van der Waals surface area contributed by atoms with Crippen molar-refractivity contribution in [3.8, 4) is 0 Å². The average molecular weight is 214 g/mol. The number of hydrogen-bond donors (Lipinski definition) is 0. The second kappa shape index (κ2) is 4.52. The molecule has 0 fully saturated rings. The zero-order valence-corrected chi connectivity index (χ0v) is 10.2. The second-order valence-corrected chi connectivity index (χ2v) is 4.12. The lowest BCUT2D eigenvalue weighted by atomic mass is 10.2. The molecule has 2 rings (SSSR count). The van der Waals surface area contributed by atoms with Crippen LogP contribution in [0.4, 0.5) is 0 Å². The van der Waals surface area contributed by atoms with E-state index in [0.717, 1.165) is 18.7 Å². The fourth-order valence-electron chi connectivity index (χ4n) is 1.97. The third-order valence-electron chi connectivity index (χ3n) is 3.04. The van der Waals surface area contributed by atoms with Crippen LogP contribution in [0.25, 0.3) is 0 Å². The van der Waals surface area contributed by atoms with Crippen molar-refractivity contribution in [1.82, 2.24) is 9.55 Å². The largest absolute Gasteiger partial charge is 0.328 e. The van der Waals surface area contributed by atoms with Crippen molar-refractivity contribution in [3.63, 3.8) is 0 Å². The summed E-state index contributed by atoms with van der Waals surface area (Å²) in [4.78, 5) is 4.59. The minimum absolute atomic E-state index is 0.927. The van der Waals surface area contributed by atoms with Crippen molar-refractivity contribution < 1.29 is 0 Å². The fourth-order valence-corrected chi connectivity index (χ4v) is 1.97. The first-order valence-electron chi connectivity index (χ1n) is 5.79. The molecule has 0 saturated carbocycles. The number of aryl methyl sites for hydroxylation is 2. The lowest BCUT2D eigenvalue weighted by Gasteiger charge is -2.09. The maximum atomic E-state index is 4.59.